The van der Waals surface area contributed by atoms with Crippen LogP contribution in [0.5, 0.6) is 0 Å². The van der Waals surface area contributed by atoms with E-state index in [0.717, 1.165) is 35.1 Å². The molecule has 3 aromatic carbocycles. The van der Waals surface area contributed by atoms with Gasteiger partial charge in [0.2, 0.25) is 0 Å². The Kier molecular flexibility index (Phi) is 6.85. The lowest BCUT2D eigenvalue weighted by Gasteiger charge is -2.15. The molecule has 0 aliphatic carbocycles. The van der Waals surface area contributed by atoms with Crippen LogP contribution in [0.1, 0.15) is 41.5 Å². The number of tetrazole rings is 1. The van der Waals surface area contributed by atoms with E-state index < -0.39 is 5.97 Å². The Hall–Kier alpha value is -4.66. The number of ether oxygens (including phenoxy) is 1. The highest BCUT2D eigenvalue weighted by Gasteiger charge is 2.18. The predicted molar refractivity (Wildman–Crippen MR) is 140 cm³/mol. The molecular weight excluding hydrogens is 468 g/mol. The third kappa shape index (κ3) is 4.75. The van der Waals surface area contributed by atoms with Gasteiger partial charge in [-0.1, -0.05) is 67.9 Å². The van der Waals surface area contributed by atoms with Gasteiger partial charge in [-0.05, 0) is 45.7 Å². The summed E-state index contributed by atoms with van der Waals surface area (Å²) >= 11 is 0. The molecule has 0 bridgehead atoms. The van der Waals surface area contributed by atoms with Crippen molar-refractivity contribution in [2.45, 2.75) is 32.7 Å². The van der Waals surface area contributed by atoms with Crippen molar-refractivity contribution in [2.24, 2.45) is 0 Å². The van der Waals surface area contributed by atoms with Crippen LogP contribution in [0.2, 0.25) is 0 Å². The molecule has 9 heteroatoms. The van der Waals surface area contributed by atoms with Crippen LogP contribution in [-0.4, -0.2) is 43.3 Å². The van der Waals surface area contributed by atoms with Crippen molar-refractivity contribution in [1.82, 2.24) is 30.2 Å². The van der Waals surface area contributed by atoms with Crippen molar-refractivity contribution >= 4 is 16.9 Å². The number of methoxy groups -OCH3 is 1. The number of hydrogen-bond donors (Lipinski definition) is 1. The van der Waals surface area contributed by atoms with Crippen LogP contribution in [0.25, 0.3) is 33.4 Å². The molecule has 5 aromatic rings. The highest BCUT2D eigenvalue weighted by Crippen LogP contribution is 2.30. The molecule has 1 N–H and O–H groups in total. The minimum atomic E-state index is -0.553. The lowest BCUT2D eigenvalue weighted by molar-refractivity contribution is 0.0603. The second kappa shape index (κ2) is 10.5. The molecule has 9 nitrogen and oxygen atoms in total. The van der Waals surface area contributed by atoms with Crippen molar-refractivity contribution in [3.05, 3.63) is 94.0 Å². The predicted octanol–water partition coefficient (Wildman–Crippen LogP) is 4.42. The molecular formula is C28H26N6O3. The van der Waals surface area contributed by atoms with Gasteiger partial charge < -0.3 is 4.74 Å². The Morgan fingerprint density at radius 3 is 2.49 bits per heavy atom. The van der Waals surface area contributed by atoms with Crippen molar-refractivity contribution in [2.75, 3.05) is 7.11 Å². The Balaban J connectivity index is 1.55. The zero-order valence-electron chi connectivity index (χ0n) is 20.6. The van der Waals surface area contributed by atoms with Crippen LogP contribution in [0.4, 0.5) is 0 Å². The summed E-state index contributed by atoms with van der Waals surface area (Å²) in [5.74, 6) is 0.742. The largest absolute Gasteiger partial charge is 0.465 e. The van der Waals surface area contributed by atoms with Crippen LogP contribution in [0.15, 0.2) is 71.5 Å². The summed E-state index contributed by atoms with van der Waals surface area (Å²) < 4.78 is 6.59. The number of rotatable bonds is 8. The van der Waals surface area contributed by atoms with Crippen molar-refractivity contribution in [3.63, 3.8) is 0 Å². The SMILES string of the molecule is CCCCc1nc2cccc(C(=O)OC)c2c(=O)n1Cc1ccc(-c2ccccc2-c2nnn[nH]2)cc1. The van der Waals surface area contributed by atoms with Crippen LogP contribution in [0.3, 0.4) is 0 Å². The van der Waals surface area contributed by atoms with Gasteiger partial charge in [-0.15, -0.1) is 5.10 Å². The number of nitrogens with zero attached hydrogens (tertiary/aromatic N) is 5. The fourth-order valence-electron chi connectivity index (χ4n) is 4.47. The standard InChI is InChI=1S/C28H26N6O3/c1-3-4-12-24-29-23-11-7-10-22(28(36)37-2)25(23)27(35)34(24)17-18-13-15-19(16-14-18)20-8-5-6-9-21(20)26-30-32-33-31-26/h5-11,13-16H,3-4,12,17H2,1-2H3,(H,30,31,32,33). The quantitative estimate of drug-likeness (QED) is 0.317. The maximum atomic E-state index is 13.7. The molecule has 0 aliphatic rings. The molecule has 0 radical (unpaired) electrons. The Labute approximate surface area is 213 Å². The summed E-state index contributed by atoms with van der Waals surface area (Å²) in [6.07, 6.45) is 2.55. The maximum absolute atomic E-state index is 13.7. The van der Waals surface area contributed by atoms with E-state index >= 15 is 0 Å². The second-order valence-corrected chi connectivity index (χ2v) is 8.71. The van der Waals surface area contributed by atoms with Gasteiger partial charge in [0.15, 0.2) is 5.82 Å². The number of aromatic amines is 1. The molecule has 5 rings (SSSR count). The smallest absolute Gasteiger partial charge is 0.338 e. The number of esters is 1. The van der Waals surface area contributed by atoms with Gasteiger partial charge in [0, 0.05) is 12.0 Å². The number of H-pyrrole nitrogens is 1. The molecule has 2 aromatic heterocycles. The van der Waals surface area contributed by atoms with E-state index in [2.05, 4.69) is 27.5 Å². The number of hydrogen-bond acceptors (Lipinski definition) is 7. The number of aromatic nitrogens is 6. The Morgan fingerprint density at radius 1 is 1.00 bits per heavy atom. The highest BCUT2D eigenvalue weighted by atomic mass is 16.5. The molecule has 0 saturated carbocycles. The first-order valence-corrected chi connectivity index (χ1v) is 12.1. The Morgan fingerprint density at radius 2 is 1.78 bits per heavy atom. The van der Waals surface area contributed by atoms with Gasteiger partial charge in [0.05, 0.1) is 30.1 Å². The number of aryl methyl sites for hydroxylation is 1. The first-order chi connectivity index (χ1) is 18.1. The minimum absolute atomic E-state index is 0.224. The van der Waals surface area contributed by atoms with E-state index in [1.807, 2.05) is 48.5 Å². The molecule has 0 unspecified atom stereocenters. The average molecular weight is 495 g/mol. The van der Waals surface area contributed by atoms with Gasteiger partial charge in [-0.3, -0.25) is 9.36 Å². The molecule has 0 fully saturated rings. The summed E-state index contributed by atoms with van der Waals surface area (Å²) in [7, 11) is 1.31. The van der Waals surface area contributed by atoms with Crippen molar-refractivity contribution < 1.29 is 9.53 Å². The first-order valence-electron chi connectivity index (χ1n) is 12.1. The van der Waals surface area contributed by atoms with Gasteiger partial charge >= 0.3 is 5.97 Å². The van der Waals surface area contributed by atoms with Gasteiger partial charge in [0.25, 0.3) is 5.56 Å². The topological polar surface area (TPSA) is 116 Å². The summed E-state index contributed by atoms with van der Waals surface area (Å²) in [5, 5.41) is 14.5. The van der Waals surface area contributed by atoms with Crippen LogP contribution < -0.4 is 5.56 Å². The highest BCUT2D eigenvalue weighted by molar-refractivity contribution is 6.03. The summed E-state index contributed by atoms with van der Waals surface area (Å²) in [4.78, 5) is 30.9. The fraction of sp³-hybridized carbons (Fsp3) is 0.214. The molecule has 0 amide bonds. The monoisotopic (exact) mass is 494 g/mol. The number of unbranched alkanes of at least 4 members (excludes halogenated alkanes) is 1. The van der Waals surface area contributed by atoms with Crippen LogP contribution in [-0.2, 0) is 17.7 Å². The summed E-state index contributed by atoms with van der Waals surface area (Å²) in [5.41, 5.74) is 4.31. The summed E-state index contributed by atoms with van der Waals surface area (Å²) in [6.45, 7) is 2.44. The number of benzene rings is 3. The van der Waals surface area contributed by atoms with Gasteiger partial charge in [-0.2, -0.15) is 0 Å². The third-order valence-electron chi connectivity index (χ3n) is 6.35. The van der Waals surface area contributed by atoms with E-state index in [4.69, 9.17) is 9.72 Å². The molecule has 0 spiro atoms. The zero-order chi connectivity index (χ0) is 25.8. The molecule has 0 saturated heterocycles. The van der Waals surface area contributed by atoms with Crippen LogP contribution in [0, 0.1) is 0 Å². The Bertz CT molecular complexity index is 1610. The first kappa shape index (κ1) is 24.1. The molecule has 37 heavy (non-hydrogen) atoms. The van der Waals surface area contributed by atoms with Crippen LogP contribution >= 0.6 is 0 Å². The molecule has 186 valence electrons. The van der Waals surface area contributed by atoms with E-state index in [-0.39, 0.29) is 16.5 Å². The maximum Gasteiger partial charge on any atom is 0.338 e. The van der Waals surface area contributed by atoms with Gasteiger partial charge in [-0.25, -0.2) is 14.9 Å². The fourth-order valence-corrected chi connectivity index (χ4v) is 4.47. The van der Waals surface area contributed by atoms with E-state index in [1.165, 1.54) is 7.11 Å². The molecule has 0 atom stereocenters. The number of carbonyl (C=O) groups excluding carboxylic acids is 1. The van der Waals surface area contributed by atoms with Gasteiger partial charge in [0.1, 0.15) is 5.82 Å². The lowest BCUT2D eigenvalue weighted by Crippen LogP contribution is -2.27. The number of carbonyl (C=O) groups is 1. The molecule has 0 aliphatic heterocycles. The van der Waals surface area contributed by atoms with Crippen molar-refractivity contribution in [1.29, 1.82) is 0 Å². The number of fused-ring (bicyclic) bond motifs is 1. The van der Waals surface area contributed by atoms with E-state index in [1.54, 1.807) is 22.8 Å². The lowest BCUT2D eigenvalue weighted by atomic mass is 9.98. The molecule has 2 heterocycles. The van der Waals surface area contributed by atoms with E-state index in [9.17, 15) is 9.59 Å². The summed E-state index contributed by atoms with van der Waals surface area (Å²) in [6, 6.07) is 21.0. The normalized spacial score (nSPS) is 11.1. The average Bonchev–Trinajstić information content (AvgIpc) is 3.48. The number of nitrogens with one attached hydrogen (secondary N) is 1. The minimum Gasteiger partial charge on any atom is -0.465 e. The van der Waals surface area contributed by atoms with E-state index in [0.29, 0.717) is 30.1 Å². The van der Waals surface area contributed by atoms with Crippen molar-refractivity contribution in [3.8, 4) is 22.5 Å². The third-order valence-corrected chi connectivity index (χ3v) is 6.35. The zero-order valence-corrected chi connectivity index (χ0v) is 20.6. The second-order valence-electron chi connectivity index (χ2n) is 8.71.